The van der Waals surface area contributed by atoms with Gasteiger partial charge in [0.15, 0.2) is 22.7 Å². The number of aryl methyl sites for hydroxylation is 1. The normalized spacial score (nSPS) is 12.1. The Morgan fingerprint density at radius 3 is 2.78 bits per heavy atom. The van der Waals surface area contributed by atoms with Gasteiger partial charge >= 0.3 is 5.97 Å². The number of esters is 1. The number of nitrogens with zero attached hydrogens (tertiary/aromatic N) is 4. The van der Waals surface area contributed by atoms with E-state index >= 15 is 0 Å². The van der Waals surface area contributed by atoms with Crippen LogP contribution in [0.5, 0.6) is 0 Å². The summed E-state index contributed by atoms with van der Waals surface area (Å²) in [6.07, 6.45) is 0. The molecule has 0 bridgehead atoms. The molecule has 0 saturated carbocycles. The molecule has 1 atom stereocenters. The van der Waals surface area contributed by atoms with Gasteiger partial charge in [-0.2, -0.15) is 0 Å². The Morgan fingerprint density at radius 2 is 2.15 bits per heavy atom. The van der Waals surface area contributed by atoms with E-state index in [-0.39, 0.29) is 18.1 Å². The van der Waals surface area contributed by atoms with Crippen LogP contribution in [-0.2, 0) is 21.4 Å². The number of hydrogen-bond acceptors (Lipinski definition) is 9. The summed E-state index contributed by atoms with van der Waals surface area (Å²) < 4.78 is 6.93. The Morgan fingerprint density at radius 1 is 1.33 bits per heavy atom. The number of thioether (sulfide) groups is 1. The second kappa shape index (κ2) is 8.77. The summed E-state index contributed by atoms with van der Waals surface area (Å²) >= 11 is 4.12. The van der Waals surface area contributed by atoms with Crippen LogP contribution in [0.1, 0.15) is 23.5 Å². The predicted molar refractivity (Wildman–Crippen MR) is 106 cm³/mol. The van der Waals surface area contributed by atoms with E-state index in [2.05, 4.69) is 15.2 Å². The maximum Gasteiger partial charge on any atom is 0.323 e. The first-order valence-corrected chi connectivity index (χ1v) is 10.9. The molecule has 3 rings (SSSR count). The fraction of sp³-hybridized carbons (Fsp3) is 0.353. The molecule has 0 radical (unpaired) electrons. The first kappa shape index (κ1) is 19.7. The van der Waals surface area contributed by atoms with Gasteiger partial charge in [-0.15, -0.1) is 32.9 Å². The van der Waals surface area contributed by atoms with E-state index in [4.69, 9.17) is 4.74 Å². The van der Waals surface area contributed by atoms with Crippen molar-refractivity contribution in [1.29, 1.82) is 0 Å². The van der Waals surface area contributed by atoms with Crippen LogP contribution in [0, 0.1) is 6.92 Å². The lowest BCUT2D eigenvalue weighted by Gasteiger charge is -2.12. The monoisotopic (exact) mass is 422 g/mol. The van der Waals surface area contributed by atoms with Gasteiger partial charge in [-0.1, -0.05) is 17.8 Å². The number of ketones is 1. The van der Waals surface area contributed by atoms with E-state index in [1.807, 2.05) is 41.4 Å². The van der Waals surface area contributed by atoms with Crippen molar-refractivity contribution in [3.63, 3.8) is 0 Å². The van der Waals surface area contributed by atoms with Crippen LogP contribution in [0.15, 0.2) is 28.0 Å². The summed E-state index contributed by atoms with van der Waals surface area (Å²) in [6, 6.07) is 3.92. The molecular weight excluding hydrogens is 404 g/mol. The highest BCUT2D eigenvalue weighted by atomic mass is 32.2. The summed E-state index contributed by atoms with van der Waals surface area (Å²) in [4.78, 5) is 30.4. The van der Waals surface area contributed by atoms with E-state index < -0.39 is 11.9 Å². The van der Waals surface area contributed by atoms with Gasteiger partial charge in [0, 0.05) is 18.1 Å². The molecule has 0 unspecified atom stereocenters. The molecule has 0 aliphatic rings. The van der Waals surface area contributed by atoms with Gasteiger partial charge in [-0.25, -0.2) is 4.98 Å². The summed E-state index contributed by atoms with van der Waals surface area (Å²) in [5.74, 6) is -0.986. The maximum atomic E-state index is 12.8. The highest BCUT2D eigenvalue weighted by molar-refractivity contribution is 7.99. The van der Waals surface area contributed by atoms with Crippen LogP contribution >= 0.6 is 34.4 Å². The summed E-state index contributed by atoms with van der Waals surface area (Å²) in [6.45, 7) is 3.76. The van der Waals surface area contributed by atoms with Gasteiger partial charge in [0.05, 0.1) is 17.2 Å². The molecule has 0 aromatic carbocycles. The van der Waals surface area contributed by atoms with Gasteiger partial charge in [-0.3, -0.25) is 9.59 Å². The minimum absolute atomic E-state index is 0.0819. The number of carbonyl (C=O) groups is 2. The fourth-order valence-corrected chi connectivity index (χ4v) is 4.85. The van der Waals surface area contributed by atoms with Crippen molar-refractivity contribution in [3.05, 3.63) is 33.6 Å². The number of hydrogen-bond donors (Lipinski definition) is 0. The molecule has 0 spiro atoms. The Labute approximate surface area is 168 Å². The third kappa shape index (κ3) is 4.45. The number of ether oxygens (including phenoxy) is 1. The highest BCUT2D eigenvalue weighted by Gasteiger charge is 2.32. The molecule has 0 saturated heterocycles. The SMILES string of the molecule is CCOC(=O)[C@H](C(=O)CSc1nnc(-c2cccs2)n1C)c1nc(C)cs1. The zero-order chi connectivity index (χ0) is 19.4. The fourth-order valence-electron chi connectivity index (χ4n) is 2.38. The minimum Gasteiger partial charge on any atom is -0.465 e. The summed E-state index contributed by atoms with van der Waals surface area (Å²) in [5.41, 5.74) is 0.777. The van der Waals surface area contributed by atoms with Crippen LogP contribution in [0.4, 0.5) is 0 Å². The Kier molecular flexibility index (Phi) is 6.40. The molecule has 3 heterocycles. The number of Topliss-reactive ketones (excluding diaryl/α,β-unsaturated/α-hetero) is 1. The van der Waals surface area contributed by atoms with Crippen LogP contribution in [0.25, 0.3) is 10.7 Å². The molecule has 142 valence electrons. The average Bonchev–Trinajstić information content (AvgIpc) is 3.36. The lowest BCUT2D eigenvalue weighted by molar-refractivity contribution is -0.147. The molecule has 7 nitrogen and oxygen atoms in total. The van der Waals surface area contributed by atoms with E-state index in [0.29, 0.717) is 10.2 Å². The van der Waals surface area contributed by atoms with Crippen molar-refractivity contribution in [2.75, 3.05) is 12.4 Å². The van der Waals surface area contributed by atoms with Gasteiger partial charge in [0.25, 0.3) is 0 Å². The zero-order valence-electron chi connectivity index (χ0n) is 15.0. The molecule has 0 amide bonds. The second-order valence-electron chi connectivity index (χ2n) is 5.61. The van der Waals surface area contributed by atoms with E-state index in [0.717, 1.165) is 16.4 Å². The van der Waals surface area contributed by atoms with Gasteiger partial charge in [0.2, 0.25) is 0 Å². The van der Waals surface area contributed by atoms with Crippen LogP contribution in [0.3, 0.4) is 0 Å². The average molecular weight is 423 g/mol. The third-order valence-electron chi connectivity index (χ3n) is 3.65. The first-order chi connectivity index (χ1) is 13.0. The quantitative estimate of drug-likeness (QED) is 0.313. The third-order valence-corrected chi connectivity index (χ3v) is 6.58. The molecule has 10 heteroatoms. The molecule has 0 fully saturated rings. The highest BCUT2D eigenvalue weighted by Crippen LogP contribution is 2.28. The van der Waals surface area contributed by atoms with E-state index in [1.165, 1.54) is 23.1 Å². The minimum atomic E-state index is -0.999. The van der Waals surface area contributed by atoms with Crippen molar-refractivity contribution >= 4 is 46.2 Å². The number of rotatable bonds is 8. The second-order valence-corrected chi connectivity index (χ2v) is 8.39. The molecule has 27 heavy (non-hydrogen) atoms. The van der Waals surface area contributed by atoms with Crippen LogP contribution < -0.4 is 0 Å². The largest absolute Gasteiger partial charge is 0.465 e. The number of carbonyl (C=O) groups excluding carboxylic acids is 2. The summed E-state index contributed by atoms with van der Waals surface area (Å²) in [7, 11) is 1.86. The molecule has 0 aliphatic carbocycles. The Balaban J connectivity index is 1.74. The smallest absolute Gasteiger partial charge is 0.323 e. The lowest BCUT2D eigenvalue weighted by atomic mass is 10.1. The van der Waals surface area contributed by atoms with Gasteiger partial charge in [0.1, 0.15) is 5.01 Å². The van der Waals surface area contributed by atoms with Crippen LogP contribution in [0.2, 0.25) is 0 Å². The van der Waals surface area contributed by atoms with Gasteiger partial charge in [-0.05, 0) is 25.3 Å². The Bertz CT molecular complexity index is 933. The van der Waals surface area contributed by atoms with Gasteiger partial charge < -0.3 is 9.30 Å². The zero-order valence-corrected chi connectivity index (χ0v) is 17.5. The van der Waals surface area contributed by atoms with E-state index in [1.54, 1.807) is 18.3 Å². The number of thiophene rings is 1. The molecule has 0 N–H and O–H groups in total. The number of aromatic nitrogens is 4. The Hall–Kier alpha value is -2.04. The number of thiazole rings is 1. The van der Waals surface area contributed by atoms with Crippen molar-refractivity contribution in [2.24, 2.45) is 7.05 Å². The van der Waals surface area contributed by atoms with Crippen molar-refractivity contribution in [3.8, 4) is 10.7 Å². The van der Waals surface area contributed by atoms with Crippen molar-refractivity contribution in [1.82, 2.24) is 19.7 Å². The maximum absolute atomic E-state index is 12.8. The molecule has 3 aromatic heterocycles. The van der Waals surface area contributed by atoms with Crippen LogP contribution in [-0.4, -0.2) is 43.9 Å². The standard InChI is InChI=1S/C17H18N4O3S3/c1-4-24-16(23)13(15-18-10(2)8-26-15)11(22)9-27-17-20-19-14(21(17)3)12-6-5-7-25-12/h5-8,13H,4,9H2,1-3H3/t13-/m1/s1. The van der Waals surface area contributed by atoms with Crippen molar-refractivity contribution in [2.45, 2.75) is 24.9 Å². The lowest BCUT2D eigenvalue weighted by Crippen LogP contribution is -2.25. The predicted octanol–water partition coefficient (Wildman–Crippen LogP) is 3.32. The molecule has 0 aliphatic heterocycles. The van der Waals surface area contributed by atoms with Crippen molar-refractivity contribution < 1.29 is 14.3 Å². The van der Waals surface area contributed by atoms with E-state index in [9.17, 15) is 9.59 Å². The topological polar surface area (TPSA) is 87.0 Å². The summed E-state index contributed by atoms with van der Waals surface area (Å²) in [5, 5.41) is 13.2. The molecular formula is C17H18N4O3S3. The first-order valence-electron chi connectivity index (χ1n) is 8.18. The molecule has 3 aromatic rings.